The molecule has 0 aliphatic carbocycles. The molecule has 0 saturated carbocycles. The minimum Gasteiger partial charge on any atom is -0.338 e. The molecular weight excluding hydrogens is 276 g/mol. The molecule has 0 aromatic heterocycles. The predicted octanol–water partition coefficient (Wildman–Crippen LogP) is 1.85. The van der Waals surface area contributed by atoms with Gasteiger partial charge in [0.05, 0.1) is 0 Å². The van der Waals surface area contributed by atoms with Crippen LogP contribution in [0.15, 0.2) is 0 Å². The van der Waals surface area contributed by atoms with E-state index >= 15 is 0 Å². The molecule has 2 saturated heterocycles. The molecule has 2 aliphatic heterocycles. The van der Waals surface area contributed by atoms with E-state index in [9.17, 15) is 4.79 Å². The van der Waals surface area contributed by atoms with Crippen molar-refractivity contribution in [1.29, 1.82) is 0 Å². The monoisotopic (exact) mass is 310 g/mol. The maximum atomic E-state index is 12.2. The molecule has 1 atom stereocenters. The van der Waals surface area contributed by atoms with E-state index in [-0.39, 0.29) is 6.03 Å². The molecule has 1 unspecified atom stereocenters. The number of amides is 2. The van der Waals surface area contributed by atoms with Crippen molar-refractivity contribution in [3.8, 4) is 0 Å². The van der Waals surface area contributed by atoms with Crippen LogP contribution in [-0.2, 0) is 0 Å². The van der Waals surface area contributed by atoms with Gasteiger partial charge in [-0.1, -0.05) is 26.7 Å². The lowest BCUT2D eigenvalue weighted by atomic mass is 10.1. The first-order chi connectivity index (χ1) is 10.7. The van der Waals surface area contributed by atoms with Gasteiger partial charge in [0.1, 0.15) is 0 Å². The average Bonchev–Trinajstić information content (AvgIpc) is 2.82. The lowest BCUT2D eigenvalue weighted by Crippen LogP contribution is -2.48. The van der Waals surface area contributed by atoms with Gasteiger partial charge in [-0.3, -0.25) is 0 Å². The Labute approximate surface area is 136 Å². The lowest BCUT2D eigenvalue weighted by molar-refractivity contribution is 0.123. The van der Waals surface area contributed by atoms with Crippen molar-refractivity contribution in [3.63, 3.8) is 0 Å². The van der Waals surface area contributed by atoms with Crippen molar-refractivity contribution in [1.82, 2.24) is 20.0 Å². The highest BCUT2D eigenvalue weighted by molar-refractivity contribution is 5.74. The third kappa shape index (κ3) is 5.76. The van der Waals surface area contributed by atoms with Gasteiger partial charge >= 0.3 is 6.03 Å². The van der Waals surface area contributed by atoms with Gasteiger partial charge in [0.15, 0.2) is 0 Å². The van der Waals surface area contributed by atoms with Crippen LogP contribution in [0, 0.1) is 5.92 Å². The number of nitrogens with one attached hydrogen (secondary N) is 1. The standard InChI is InChI=1S/C17H34N4O/c1-3-19-10-12-20(13-11-19)15-16(2)14-18-17(22)21-8-6-4-5-7-9-21/h16H,3-15H2,1-2H3,(H,18,22). The Morgan fingerprint density at radius 3 is 2.14 bits per heavy atom. The van der Waals surface area contributed by atoms with Crippen LogP contribution < -0.4 is 5.32 Å². The van der Waals surface area contributed by atoms with Gasteiger partial charge < -0.3 is 20.0 Å². The fourth-order valence-corrected chi connectivity index (χ4v) is 3.44. The van der Waals surface area contributed by atoms with Crippen LogP contribution in [0.1, 0.15) is 39.5 Å². The summed E-state index contributed by atoms with van der Waals surface area (Å²) in [7, 11) is 0. The van der Waals surface area contributed by atoms with Gasteiger partial charge in [-0.15, -0.1) is 0 Å². The second-order valence-electron chi connectivity index (χ2n) is 6.93. The number of hydrogen-bond donors (Lipinski definition) is 1. The van der Waals surface area contributed by atoms with Gasteiger partial charge in [-0.25, -0.2) is 4.79 Å². The number of piperazine rings is 1. The first-order valence-corrected chi connectivity index (χ1v) is 9.16. The van der Waals surface area contributed by atoms with Gasteiger partial charge in [0, 0.05) is 52.4 Å². The summed E-state index contributed by atoms with van der Waals surface area (Å²) in [5.41, 5.74) is 0. The molecule has 2 fully saturated rings. The summed E-state index contributed by atoms with van der Waals surface area (Å²) >= 11 is 0. The van der Waals surface area contributed by atoms with Crippen LogP contribution in [0.4, 0.5) is 4.79 Å². The summed E-state index contributed by atoms with van der Waals surface area (Å²) in [6.07, 6.45) is 4.85. The zero-order valence-corrected chi connectivity index (χ0v) is 14.5. The van der Waals surface area contributed by atoms with Crippen LogP contribution in [0.25, 0.3) is 0 Å². The molecule has 2 rings (SSSR count). The SMILES string of the molecule is CCN1CCN(CC(C)CNC(=O)N2CCCCCC2)CC1. The van der Waals surface area contributed by atoms with Crippen molar-refractivity contribution in [3.05, 3.63) is 0 Å². The molecule has 0 aromatic rings. The molecular formula is C17H34N4O. The molecule has 5 heteroatoms. The molecule has 128 valence electrons. The molecule has 0 bridgehead atoms. The Balaban J connectivity index is 1.62. The van der Waals surface area contributed by atoms with E-state index in [2.05, 4.69) is 29.0 Å². The highest BCUT2D eigenvalue weighted by Gasteiger charge is 2.19. The van der Waals surface area contributed by atoms with E-state index in [4.69, 9.17) is 0 Å². The maximum absolute atomic E-state index is 12.2. The topological polar surface area (TPSA) is 38.8 Å². The Hall–Kier alpha value is -0.810. The quantitative estimate of drug-likeness (QED) is 0.842. The first kappa shape index (κ1) is 17.5. The van der Waals surface area contributed by atoms with Crippen LogP contribution in [-0.4, -0.2) is 79.6 Å². The summed E-state index contributed by atoms with van der Waals surface area (Å²) in [6.45, 7) is 14.1. The Bertz CT molecular complexity index is 321. The number of carbonyl (C=O) groups is 1. The van der Waals surface area contributed by atoms with Crippen LogP contribution in [0.5, 0.6) is 0 Å². The van der Waals surface area contributed by atoms with E-state index in [1.54, 1.807) is 0 Å². The summed E-state index contributed by atoms with van der Waals surface area (Å²) in [5, 5.41) is 3.14. The van der Waals surface area contributed by atoms with E-state index in [1.165, 1.54) is 25.9 Å². The van der Waals surface area contributed by atoms with Crippen LogP contribution in [0.3, 0.4) is 0 Å². The fourth-order valence-electron chi connectivity index (χ4n) is 3.44. The zero-order valence-electron chi connectivity index (χ0n) is 14.5. The largest absolute Gasteiger partial charge is 0.338 e. The second-order valence-corrected chi connectivity index (χ2v) is 6.93. The summed E-state index contributed by atoms with van der Waals surface area (Å²) in [6, 6.07) is 0.143. The van der Waals surface area contributed by atoms with E-state index < -0.39 is 0 Å². The summed E-state index contributed by atoms with van der Waals surface area (Å²) in [4.78, 5) is 19.3. The summed E-state index contributed by atoms with van der Waals surface area (Å²) < 4.78 is 0. The van der Waals surface area contributed by atoms with Crippen LogP contribution in [0.2, 0.25) is 0 Å². The molecule has 2 heterocycles. The average molecular weight is 310 g/mol. The minimum atomic E-state index is 0.143. The molecule has 2 aliphatic rings. The number of carbonyl (C=O) groups excluding carboxylic acids is 1. The fraction of sp³-hybridized carbons (Fsp3) is 0.941. The van der Waals surface area contributed by atoms with Gasteiger partial charge in [0.2, 0.25) is 0 Å². The molecule has 1 N–H and O–H groups in total. The van der Waals surface area contributed by atoms with Crippen molar-refractivity contribution >= 4 is 6.03 Å². The molecule has 2 amide bonds. The number of nitrogens with zero attached hydrogens (tertiary/aromatic N) is 3. The Morgan fingerprint density at radius 1 is 0.955 bits per heavy atom. The lowest BCUT2D eigenvalue weighted by Gasteiger charge is -2.35. The highest BCUT2D eigenvalue weighted by Crippen LogP contribution is 2.10. The number of rotatable bonds is 5. The maximum Gasteiger partial charge on any atom is 0.317 e. The van der Waals surface area contributed by atoms with Crippen molar-refractivity contribution < 1.29 is 4.79 Å². The van der Waals surface area contributed by atoms with E-state index in [0.717, 1.165) is 58.7 Å². The van der Waals surface area contributed by atoms with Gasteiger partial charge in [0.25, 0.3) is 0 Å². The molecule has 0 radical (unpaired) electrons. The second kappa shape index (κ2) is 9.36. The highest BCUT2D eigenvalue weighted by atomic mass is 16.2. The summed E-state index contributed by atoms with van der Waals surface area (Å²) in [5.74, 6) is 0.518. The Morgan fingerprint density at radius 2 is 1.55 bits per heavy atom. The third-order valence-corrected chi connectivity index (χ3v) is 4.98. The first-order valence-electron chi connectivity index (χ1n) is 9.16. The zero-order chi connectivity index (χ0) is 15.8. The van der Waals surface area contributed by atoms with Crippen molar-refractivity contribution in [2.75, 3.05) is 58.9 Å². The minimum absolute atomic E-state index is 0.143. The van der Waals surface area contributed by atoms with Crippen molar-refractivity contribution in [2.45, 2.75) is 39.5 Å². The van der Waals surface area contributed by atoms with Gasteiger partial charge in [-0.2, -0.15) is 0 Å². The predicted molar refractivity (Wildman–Crippen MR) is 91.2 cm³/mol. The third-order valence-electron chi connectivity index (χ3n) is 4.98. The van der Waals surface area contributed by atoms with Gasteiger partial charge in [-0.05, 0) is 25.3 Å². The number of urea groups is 1. The number of likely N-dealkylation sites (tertiary alicyclic amines) is 1. The molecule has 22 heavy (non-hydrogen) atoms. The smallest absolute Gasteiger partial charge is 0.317 e. The number of likely N-dealkylation sites (N-methyl/N-ethyl adjacent to an activating group) is 1. The van der Waals surface area contributed by atoms with E-state index in [1.807, 2.05) is 4.90 Å². The van der Waals surface area contributed by atoms with Crippen LogP contribution >= 0.6 is 0 Å². The van der Waals surface area contributed by atoms with E-state index in [0.29, 0.717) is 5.92 Å². The molecule has 0 aromatic carbocycles. The molecule has 5 nitrogen and oxygen atoms in total. The normalized spacial score (nSPS) is 23.1. The van der Waals surface area contributed by atoms with Crippen molar-refractivity contribution in [2.24, 2.45) is 5.92 Å². The Kier molecular flexibility index (Phi) is 7.46. The molecule has 0 spiro atoms. The number of hydrogen-bond acceptors (Lipinski definition) is 3.